The van der Waals surface area contributed by atoms with Crippen molar-refractivity contribution in [1.29, 1.82) is 0 Å². The number of nitrogens with zero attached hydrogens (tertiary/aromatic N) is 2. The Morgan fingerprint density at radius 2 is 1.68 bits per heavy atom. The Morgan fingerprint density at radius 1 is 0.935 bits per heavy atom. The van der Waals surface area contributed by atoms with Crippen LogP contribution in [-0.2, 0) is 4.79 Å². The number of carbonyl (C=O) groups excluding carboxylic acids is 1. The molecule has 5 nitrogen and oxygen atoms in total. The van der Waals surface area contributed by atoms with Crippen LogP contribution in [0.25, 0.3) is 6.08 Å². The van der Waals surface area contributed by atoms with Crippen molar-refractivity contribution in [2.45, 2.75) is 0 Å². The van der Waals surface area contributed by atoms with Gasteiger partial charge in [-0.3, -0.25) is 9.69 Å². The summed E-state index contributed by atoms with van der Waals surface area (Å²) in [6.45, 7) is 1.01. The molecule has 0 atom stereocenters. The van der Waals surface area contributed by atoms with Crippen molar-refractivity contribution in [3.05, 3.63) is 89.1 Å². The third-order valence-electron chi connectivity index (χ3n) is 4.74. The number of amides is 1. The number of aliphatic imine (C=N–C) groups is 1. The number of carbonyl (C=O) groups is 1. The molecule has 2 heterocycles. The minimum absolute atomic E-state index is 0.221. The molecule has 5 rings (SSSR count). The van der Waals surface area contributed by atoms with Crippen molar-refractivity contribution in [1.82, 2.24) is 0 Å². The first-order valence-corrected chi connectivity index (χ1v) is 10.5. The third-order valence-corrected chi connectivity index (χ3v) is 5.70. The summed E-state index contributed by atoms with van der Waals surface area (Å²) >= 11 is 1.27. The van der Waals surface area contributed by atoms with Gasteiger partial charge in [0.1, 0.15) is 19.0 Å². The van der Waals surface area contributed by atoms with Crippen LogP contribution in [0.15, 0.2) is 82.7 Å². The van der Waals surface area contributed by atoms with Crippen LogP contribution >= 0.6 is 11.8 Å². The minimum Gasteiger partial charge on any atom is -0.486 e. The summed E-state index contributed by atoms with van der Waals surface area (Å²) in [6, 6.07) is 20.8. The van der Waals surface area contributed by atoms with E-state index in [0.29, 0.717) is 40.5 Å². The van der Waals surface area contributed by atoms with Crippen LogP contribution in [0.1, 0.15) is 5.56 Å². The molecule has 1 saturated heterocycles. The molecular weight excluding hydrogens is 415 g/mol. The zero-order valence-electron chi connectivity index (χ0n) is 16.3. The average molecular weight is 432 g/mol. The fraction of sp³-hybridized carbons (Fsp3) is 0.0833. The number of benzene rings is 3. The molecule has 0 N–H and O–H groups in total. The van der Waals surface area contributed by atoms with Crippen LogP contribution in [0.5, 0.6) is 11.5 Å². The molecule has 0 unspecified atom stereocenters. The number of thioether (sulfide) groups is 1. The molecule has 7 heteroatoms. The number of halogens is 1. The van der Waals surface area contributed by atoms with Gasteiger partial charge < -0.3 is 9.47 Å². The van der Waals surface area contributed by atoms with E-state index in [9.17, 15) is 9.18 Å². The van der Waals surface area contributed by atoms with Crippen molar-refractivity contribution in [2.75, 3.05) is 18.1 Å². The van der Waals surface area contributed by atoms with Gasteiger partial charge in [-0.15, -0.1) is 0 Å². The highest BCUT2D eigenvalue weighted by Gasteiger charge is 2.34. The first-order valence-electron chi connectivity index (χ1n) is 9.70. The Bertz CT molecular complexity index is 1190. The van der Waals surface area contributed by atoms with Crippen molar-refractivity contribution < 1.29 is 18.7 Å². The minimum atomic E-state index is -0.364. The number of para-hydroxylation sites is 1. The van der Waals surface area contributed by atoms with E-state index in [0.717, 1.165) is 11.3 Å². The molecule has 2 aliphatic heterocycles. The lowest BCUT2D eigenvalue weighted by Gasteiger charge is -2.18. The first-order chi connectivity index (χ1) is 15.2. The molecule has 3 aromatic rings. The van der Waals surface area contributed by atoms with E-state index in [4.69, 9.17) is 9.47 Å². The SMILES string of the molecule is O=C1/C(=C/c2ccc3c(c2)OCCO3)S/C(=N\c2ccccc2)N1c1ccc(F)cc1. The molecule has 31 heavy (non-hydrogen) atoms. The van der Waals surface area contributed by atoms with Crippen LogP contribution in [0.4, 0.5) is 15.8 Å². The van der Waals surface area contributed by atoms with Crippen molar-refractivity contribution in [2.24, 2.45) is 4.99 Å². The fourth-order valence-corrected chi connectivity index (χ4v) is 4.28. The van der Waals surface area contributed by atoms with Gasteiger partial charge in [0.25, 0.3) is 5.91 Å². The maximum Gasteiger partial charge on any atom is 0.271 e. The van der Waals surface area contributed by atoms with Crippen LogP contribution in [0.2, 0.25) is 0 Å². The molecule has 3 aromatic carbocycles. The quantitative estimate of drug-likeness (QED) is 0.520. The normalized spacial score (nSPS) is 18.1. The van der Waals surface area contributed by atoms with Crippen LogP contribution in [0.3, 0.4) is 0 Å². The number of fused-ring (bicyclic) bond motifs is 1. The number of amidine groups is 1. The molecule has 1 fully saturated rings. The van der Waals surface area contributed by atoms with Crippen LogP contribution < -0.4 is 14.4 Å². The topological polar surface area (TPSA) is 51.1 Å². The Balaban J connectivity index is 1.53. The second-order valence-electron chi connectivity index (χ2n) is 6.86. The van der Waals surface area contributed by atoms with E-state index in [2.05, 4.69) is 4.99 Å². The summed E-state index contributed by atoms with van der Waals surface area (Å²) in [6.07, 6.45) is 1.80. The molecule has 154 valence electrons. The molecule has 1 amide bonds. The Hall–Kier alpha value is -3.58. The van der Waals surface area contributed by atoms with Gasteiger partial charge in [-0.05, 0) is 71.9 Å². The Morgan fingerprint density at radius 3 is 2.45 bits per heavy atom. The van der Waals surface area contributed by atoms with Gasteiger partial charge in [0.15, 0.2) is 16.7 Å². The smallest absolute Gasteiger partial charge is 0.271 e. The predicted octanol–water partition coefficient (Wildman–Crippen LogP) is 5.41. The lowest BCUT2D eigenvalue weighted by molar-refractivity contribution is -0.113. The monoisotopic (exact) mass is 432 g/mol. The van der Waals surface area contributed by atoms with Gasteiger partial charge in [0.2, 0.25) is 0 Å². The molecule has 0 spiro atoms. The lowest BCUT2D eigenvalue weighted by atomic mass is 10.1. The maximum atomic E-state index is 13.4. The fourth-order valence-electron chi connectivity index (χ4n) is 3.28. The zero-order chi connectivity index (χ0) is 21.2. The Kier molecular flexibility index (Phi) is 5.18. The molecule has 2 aliphatic rings. The highest BCUT2D eigenvalue weighted by molar-refractivity contribution is 8.19. The highest BCUT2D eigenvalue weighted by atomic mass is 32.2. The maximum absolute atomic E-state index is 13.4. The molecule has 0 saturated carbocycles. The van der Waals surface area contributed by atoms with Crippen LogP contribution in [0, 0.1) is 5.82 Å². The van der Waals surface area contributed by atoms with Gasteiger partial charge in [0.05, 0.1) is 16.3 Å². The number of anilines is 1. The van der Waals surface area contributed by atoms with Crippen LogP contribution in [-0.4, -0.2) is 24.3 Å². The first kappa shape index (κ1) is 19.4. The van der Waals surface area contributed by atoms with E-state index in [1.165, 1.54) is 28.8 Å². The second-order valence-corrected chi connectivity index (χ2v) is 7.87. The van der Waals surface area contributed by atoms with Crippen molar-refractivity contribution >= 4 is 40.3 Å². The van der Waals surface area contributed by atoms with Crippen molar-refractivity contribution in [3.63, 3.8) is 0 Å². The largest absolute Gasteiger partial charge is 0.486 e. The number of ether oxygens (including phenoxy) is 2. The molecule has 0 bridgehead atoms. The average Bonchev–Trinajstić information content (AvgIpc) is 3.09. The number of rotatable bonds is 3. The summed E-state index contributed by atoms with van der Waals surface area (Å²) in [5.41, 5.74) is 2.10. The highest BCUT2D eigenvalue weighted by Crippen LogP contribution is 2.38. The van der Waals surface area contributed by atoms with Gasteiger partial charge >= 0.3 is 0 Å². The van der Waals surface area contributed by atoms with Gasteiger partial charge in [0, 0.05) is 0 Å². The number of hydrogen-bond acceptors (Lipinski definition) is 5. The molecule has 0 radical (unpaired) electrons. The molecular formula is C24H17FN2O3S. The Labute approximate surface area is 182 Å². The van der Waals surface area contributed by atoms with E-state index < -0.39 is 0 Å². The van der Waals surface area contributed by atoms with Gasteiger partial charge in [-0.1, -0.05) is 24.3 Å². The van der Waals surface area contributed by atoms with E-state index in [-0.39, 0.29) is 11.7 Å². The third kappa shape index (κ3) is 4.04. The zero-order valence-corrected chi connectivity index (χ0v) is 17.1. The number of hydrogen-bond donors (Lipinski definition) is 0. The molecule has 0 aliphatic carbocycles. The van der Waals surface area contributed by atoms with E-state index in [1.807, 2.05) is 48.5 Å². The summed E-state index contributed by atoms with van der Waals surface area (Å²) < 4.78 is 24.6. The summed E-state index contributed by atoms with van der Waals surface area (Å²) in [7, 11) is 0. The van der Waals surface area contributed by atoms with E-state index in [1.54, 1.807) is 18.2 Å². The van der Waals surface area contributed by atoms with Gasteiger partial charge in [-0.2, -0.15) is 0 Å². The van der Waals surface area contributed by atoms with E-state index >= 15 is 0 Å². The summed E-state index contributed by atoms with van der Waals surface area (Å²) in [5.74, 6) is 0.764. The summed E-state index contributed by atoms with van der Waals surface area (Å²) in [5, 5.41) is 0.506. The predicted molar refractivity (Wildman–Crippen MR) is 120 cm³/mol. The second kappa shape index (κ2) is 8.28. The standard InChI is InChI=1S/C24H17FN2O3S/c25-17-7-9-19(10-8-17)27-23(28)22(31-24(27)26-18-4-2-1-3-5-18)15-16-6-11-20-21(14-16)30-13-12-29-20/h1-11,14-15H,12-13H2/b22-15-,26-24-. The van der Waals surface area contributed by atoms with Gasteiger partial charge in [-0.25, -0.2) is 9.38 Å². The van der Waals surface area contributed by atoms with Crippen molar-refractivity contribution in [3.8, 4) is 11.5 Å². The summed E-state index contributed by atoms with van der Waals surface area (Å²) in [4.78, 5) is 20.0. The lowest BCUT2D eigenvalue weighted by Crippen LogP contribution is -2.28. The molecule has 0 aromatic heterocycles.